The van der Waals surface area contributed by atoms with Crippen molar-refractivity contribution in [1.29, 1.82) is 0 Å². The van der Waals surface area contributed by atoms with Crippen molar-refractivity contribution >= 4 is 41.1 Å². The molecule has 0 aromatic heterocycles. The van der Waals surface area contributed by atoms with Crippen molar-refractivity contribution in [2.45, 2.75) is 25.9 Å². The van der Waals surface area contributed by atoms with Gasteiger partial charge < -0.3 is 24.4 Å². The van der Waals surface area contributed by atoms with Gasteiger partial charge in [-0.25, -0.2) is 4.79 Å². The highest BCUT2D eigenvalue weighted by atomic mass is 35.5. The molecule has 9 heteroatoms. The van der Waals surface area contributed by atoms with Gasteiger partial charge in [0, 0.05) is 12.3 Å². The van der Waals surface area contributed by atoms with E-state index in [-0.39, 0.29) is 35.7 Å². The molecule has 0 radical (unpaired) electrons. The fourth-order valence-corrected chi connectivity index (χ4v) is 4.35. The summed E-state index contributed by atoms with van der Waals surface area (Å²) in [5.41, 5.74) is 2.27. The lowest BCUT2D eigenvalue weighted by Crippen LogP contribution is -2.33. The highest BCUT2D eigenvalue weighted by Crippen LogP contribution is 2.33. The summed E-state index contributed by atoms with van der Waals surface area (Å²) in [6, 6.07) is 13.8. The van der Waals surface area contributed by atoms with Crippen molar-refractivity contribution < 1.29 is 28.6 Å². The number of esters is 1. The van der Waals surface area contributed by atoms with Crippen molar-refractivity contribution in [3.63, 3.8) is 0 Å². The lowest BCUT2D eigenvalue weighted by molar-refractivity contribution is -0.136. The Labute approximate surface area is 214 Å². The van der Waals surface area contributed by atoms with Crippen LogP contribution in [0.4, 0.5) is 5.69 Å². The first-order valence-electron chi connectivity index (χ1n) is 11.6. The lowest BCUT2D eigenvalue weighted by Gasteiger charge is -2.21. The van der Waals surface area contributed by atoms with Crippen molar-refractivity contribution in [3.8, 4) is 5.75 Å². The van der Waals surface area contributed by atoms with Crippen LogP contribution in [0.1, 0.15) is 25.3 Å². The van der Waals surface area contributed by atoms with E-state index in [1.807, 2.05) is 0 Å². The zero-order valence-electron chi connectivity index (χ0n) is 20.1. The normalized spacial score (nSPS) is 18.6. The van der Waals surface area contributed by atoms with Crippen LogP contribution in [0.3, 0.4) is 0 Å². The summed E-state index contributed by atoms with van der Waals surface area (Å²) in [6.45, 7) is 2.62. The van der Waals surface area contributed by atoms with Crippen LogP contribution in [-0.4, -0.2) is 55.7 Å². The van der Waals surface area contributed by atoms with Crippen LogP contribution in [0.15, 0.2) is 65.4 Å². The maximum absolute atomic E-state index is 13.2. The molecular weight excluding hydrogens is 484 g/mol. The van der Waals surface area contributed by atoms with Gasteiger partial charge in [-0.2, -0.15) is 0 Å². The van der Waals surface area contributed by atoms with E-state index in [4.69, 9.17) is 25.8 Å². The molecular formula is C27H27ClN2O6. The van der Waals surface area contributed by atoms with Crippen LogP contribution in [0.5, 0.6) is 5.75 Å². The molecule has 2 heterocycles. The minimum Gasteiger partial charge on any atom is -0.484 e. The number of nitrogens with zero attached hydrogens (tertiary/aromatic N) is 1. The van der Waals surface area contributed by atoms with E-state index in [1.165, 1.54) is 7.11 Å². The average molecular weight is 511 g/mol. The molecule has 2 aliphatic heterocycles. The fourth-order valence-electron chi connectivity index (χ4n) is 4.16. The van der Waals surface area contributed by atoms with Gasteiger partial charge in [0.05, 0.1) is 41.6 Å². The number of para-hydroxylation sites is 1. The minimum atomic E-state index is -0.563. The number of hydrogen-bond acceptors (Lipinski definition) is 6. The van der Waals surface area contributed by atoms with E-state index in [2.05, 4.69) is 5.32 Å². The number of ether oxygens (including phenoxy) is 3. The second kappa shape index (κ2) is 11.4. The largest absolute Gasteiger partial charge is 0.484 e. The smallest absolute Gasteiger partial charge is 0.340 e. The molecule has 4 rings (SSSR count). The molecule has 0 spiro atoms. The lowest BCUT2D eigenvalue weighted by atomic mass is 10.0. The van der Waals surface area contributed by atoms with Gasteiger partial charge in [0.25, 0.3) is 11.8 Å². The second-order valence-corrected chi connectivity index (χ2v) is 8.85. The Morgan fingerprint density at radius 2 is 1.94 bits per heavy atom. The Kier molecular flexibility index (Phi) is 8.07. The van der Waals surface area contributed by atoms with Crippen molar-refractivity contribution in [2.75, 3.05) is 32.2 Å². The Hall–Kier alpha value is -3.62. The predicted octanol–water partition coefficient (Wildman–Crippen LogP) is 4.21. The highest BCUT2D eigenvalue weighted by molar-refractivity contribution is 6.33. The molecule has 2 aliphatic rings. The van der Waals surface area contributed by atoms with Crippen LogP contribution in [0.25, 0.3) is 6.08 Å². The molecule has 1 atom stereocenters. The van der Waals surface area contributed by atoms with E-state index in [0.717, 1.165) is 12.8 Å². The number of methoxy groups -OCH3 is 1. The summed E-state index contributed by atoms with van der Waals surface area (Å²) in [7, 11) is 1.29. The van der Waals surface area contributed by atoms with Crippen LogP contribution in [0, 0.1) is 0 Å². The number of nitrogens with one attached hydrogen (secondary N) is 1. The average Bonchev–Trinajstić information content (AvgIpc) is 3.47. The van der Waals surface area contributed by atoms with E-state index in [1.54, 1.807) is 66.4 Å². The number of carbonyl (C=O) groups is 3. The monoisotopic (exact) mass is 510 g/mol. The zero-order chi connectivity index (χ0) is 25.7. The first-order chi connectivity index (χ1) is 17.4. The van der Waals surface area contributed by atoms with Gasteiger partial charge in [-0.3, -0.25) is 9.59 Å². The zero-order valence-corrected chi connectivity index (χ0v) is 20.8. The molecule has 0 saturated carbocycles. The van der Waals surface area contributed by atoms with Crippen molar-refractivity contribution in [3.05, 3.63) is 76.0 Å². The SMILES string of the molecule is COC(=O)C1=C(C)N(C[C@@H]2CCCO2)C(=O)/C1=C\c1ccc(OCC(=O)Nc2ccccc2Cl)cc1. The molecule has 1 fully saturated rings. The molecule has 0 aliphatic carbocycles. The quantitative estimate of drug-likeness (QED) is 0.422. The first-order valence-corrected chi connectivity index (χ1v) is 12.0. The summed E-state index contributed by atoms with van der Waals surface area (Å²) in [4.78, 5) is 39.5. The number of halogens is 1. The van der Waals surface area contributed by atoms with Crippen molar-refractivity contribution in [2.24, 2.45) is 0 Å². The Morgan fingerprint density at radius 3 is 2.61 bits per heavy atom. The third kappa shape index (κ3) is 5.78. The maximum atomic E-state index is 13.2. The standard InChI is InChI=1S/C27H27ClN2O6/c1-17-25(27(33)34-2)21(26(32)30(17)15-20-6-5-13-35-20)14-18-9-11-19(12-10-18)36-16-24(31)29-23-8-4-3-7-22(23)28/h3-4,7-12,14,20H,5-6,13,15-16H2,1-2H3,(H,29,31)/b21-14-/t20-/m0/s1. The number of rotatable bonds is 8. The Morgan fingerprint density at radius 1 is 1.19 bits per heavy atom. The van der Waals surface area contributed by atoms with Crippen molar-refractivity contribution in [1.82, 2.24) is 4.90 Å². The fraction of sp³-hybridized carbons (Fsp3) is 0.296. The first kappa shape index (κ1) is 25.5. The Balaban J connectivity index is 1.44. The molecule has 2 amide bonds. The van der Waals surface area contributed by atoms with Crippen LogP contribution < -0.4 is 10.1 Å². The molecule has 0 unspecified atom stereocenters. The van der Waals surface area contributed by atoms with E-state index in [0.29, 0.717) is 40.9 Å². The van der Waals surface area contributed by atoms with Gasteiger partial charge in [-0.05, 0) is 55.7 Å². The molecule has 36 heavy (non-hydrogen) atoms. The number of carbonyl (C=O) groups excluding carboxylic acids is 3. The molecule has 1 saturated heterocycles. The molecule has 2 aromatic rings. The third-order valence-corrected chi connectivity index (χ3v) is 6.35. The van der Waals surface area contributed by atoms with E-state index >= 15 is 0 Å². The van der Waals surface area contributed by atoms with Gasteiger partial charge in [0.15, 0.2) is 6.61 Å². The predicted molar refractivity (Wildman–Crippen MR) is 135 cm³/mol. The van der Waals surface area contributed by atoms with Crippen LogP contribution in [0.2, 0.25) is 5.02 Å². The number of benzene rings is 2. The maximum Gasteiger partial charge on any atom is 0.340 e. The van der Waals surface area contributed by atoms with E-state index < -0.39 is 5.97 Å². The molecule has 1 N–H and O–H groups in total. The van der Waals surface area contributed by atoms with Gasteiger partial charge in [0.2, 0.25) is 0 Å². The highest BCUT2D eigenvalue weighted by Gasteiger charge is 2.38. The van der Waals surface area contributed by atoms with Crippen LogP contribution >= 0.6 is 11.6 Å². The summed E-state index contributed by atoms with van der Waals surface area (Å²) in [5.74, 6) is -0.698. The minimum absolute atomic E-state index is 0.0475. The molecule has 0 bridgehead atoms. The summed E-state index contributed by atoms with van der Waals surface area (Å²) < 4.78 is 16.2. The molecule has 188 valence electrons. The van der Waals surface area contributed by atoms with Gasteiger partial charge in [0.1, 0.15) is 5.75 Å². The summed E-state index contributed by atoms with van der Waals surface area (Å²) in [5, 5.41) is 3.13. The molecule has 2 aromatic carbocycles. The number of allylic oxidation sites excluding steroid dienone is 1. The number of hydrogen-bond donors (Lipinski definition) is 1. The number of amides is 2. The van der Waals surface area contributed by atoms with Gasteiger partial charge in [-0.15, -0.1) is 0 Å². The topological polar surface area (TPSA) is 94.2 Å². The third-order valence-electron chi connectivity index (χ3n) is 6.02. The second-order valence-electron chi connectivity index (χ2n) is 8.45. The van der Waals surface area contributed by atoms with Crippen LogP contribution in [-0.2, 0) is 23.9 Å². The van der Waals surface area contributed by atoms with Gasteiger partial charge >= 0.3 is 5.97 Å². The van der Waals surface area contributed by atoms with Gasteiger partial charge in [-0.1, -0.05) is 35.9 Å². The summed E-state index contributed by atoms with van der Waals surface area (Å²) in [6.07, 6.45) is 3.44. The Bertz CT molecular complexity index is 1220. The summed E-state index contributed by atoms with van der Waals surface area (Å²) >= 11 is 6.06. The molecule has 8 nitrogen and oxygen atoms in total. The van der Waals surface area contributed by atoms with E-state index in [9.17, 15) is 14.4 Å². The number of anilines is 1.